The van der Waals surface area contributed by atoms with Gasteiger partial charge < -0.3 is 5.11 Å². The minimum atomic E-state index is -1.05. The smallest absolute Gasteiger partial charge is 0.306 e. The lowest BCUT2D eigenvalue weighted by molar-refractivity contribution is -0.385. The molecule has 0 aliphatic heterocycles. The summed E-state index contributed by atoms with van der Waals surface area (Å²) in [7, 11) is 0. The first-order valence-electron chi connectivity index (χ1n) is 5.56. The molecule has 0 amide bonds. The van der Waals surface area contributed by atoms with E-state index >= 15 is 0 Å². The number of aliphatic hydroxyl groups is 1. The number of hydrogen-bond donors (Lipinski definition) is 1. The van der Waals surface area contributed by atoms with E-state index in [1.807, 2.05) is 0 Å². The van der Waals surface area contributed by atoms with Crippen molar-refractivity contribution in [3.05, 3.63) is 62.5 Å². The van der Waals surface area contributed by atoms with Crippen molar-refractivity contribution < 1.29 is 15.0 Å². The fourth-order valence-corrected chi connectivity index (χ4v) is 1.68. The summed E-state index contributed by atoms with van der Waals surface area (Å²) in [4.78, 5) is 20.0. The first-order chi connectivity index (χ1) is 9.47. The molecule has 1 N–H and O–H groups in total. The third-order valence-electron chi connectivity index (χ3n) is 2.66. The van der Waals surface area contributed by atoms with Gasteiger partial charge in [-0.2, -0.15) is 5.10 Å². The molecule has 9 heteroatoms. The lowest BCUT2D eigenvalue weighted by atomic mass is 10.1. The summed E-state index contributed by atoms with van der Waals surface area (Å²) in [6, 6.07) is 5.56. The van der Waals surface area contributed by atoms with Crippen LogP contribution in [0.2, 0.25) is 0 Å². The zero-order valence-corrected chi connectivity index (χ0v) is 10.1. The second-order valence-electron chi connectivity index (χ2n) is 4.05. The molecule has 1 aromatic heterocycles. The Kier molecular flexibility index (Phi) is 3.71. The first-order valence-corrected chi connectivity index (χ1v) is 5.56. The van der Waals surface area contributed by atoms with Crippen LogP contribution in [-0.2, 0) is 6.54 Å². The van der Waals surface area contributed by atoms with Gasteiger partial charge in [0.05, 0.1) is 22.5 Å². The first kappa shape index (κ1) is 13.6. The molecular formula is C11H10N4O5. The fraction of sp³-hybridized carbons (Fsp3) is 0.182. The Bertz CT molecular complexity index is 654. The highest BCUT2D eigenvalue weighted by Crippen LogP contribution is 2.21. The van der Waals surface area contributed by atoms with Crippen molar-refractivity contribution in [1.29, 1.82) is 0 Å². The molecule has 1 heterocycles. The second kappa shape index (κ2) is 5.45. The summed E-state index contributed by atoms with van der Waals surface area (Å²) in [5.41, 5.74) is 0.0293. The van der Waals surface area contributed by atoms with E-state index in [4.69, 9.17) is 0 Å². The van der Waals surface area contributed by atoms with Gasteiger partial charge in [-0.05, 0) is 5.56 Å². The van der Waals surface area contributed by atoms with Crippen LogP contribution in [0, 0.1) is 20.2 Å². The topological polar surface area (TPSA) is 124 Å². The molecule has 0 bridgehead atoms. The standard InChI is InChI=1S/C11H10N4O5/c16-11(7-13-6-10(5-12-13)15(19)20)8-2-1-3-9(4-8)14(17)18/h1-6,11,16H,7H2. The van der Waals surface area contributed by atoms with Crippen molar-refractivity contribution in [3.63, 3.8) is 0 Å². The van der Waals surface area contributed by atoms with E-state index in [0.29, 0.717) is 5.56 Å². The quantitative estimate of drug-likeness (QED) is 0.651. The van der Waals surface area contributed by atoms with E-state index in [1.54, 1.807) is 0 Å². The van der Waals surface area contributed by atoms with E-state index < -0.39 is 16.0 Å². The molecule has 1 atom stereocenters. The van der Waals surface area contributed by atoms with Gasteiger partial charge in [0, 0.05) is 12.1 Å². The molecule has 104 valence electrons. The van der Waals surface area contributed by atoms with Crippen LogP contribution in [0.3, 0.4) is 0 Å². The molecular weight excluding hydrogens is 268 g/mol. The average Bonchev–Trinajstić information content (AvgIpc) is 2.87. The van der Waals surface area contributed by atoms with Crippen LogP contribution in [0.5, 0.6) is 0 Å². The van der Waals surface area contributed by atoms with Gasteiger partial charge in [-0.25, -0.2) is 0 Å². The van der Waals surface area contributed by atoms with E-state index in [0.717, 1.165) is 6.20 Å². The van der Waals surface area contributed by atoms with Crippen molar-refractivity contribution >= 4 is 11.4 Å². The predicted octanol–water partition coefficient (Wildman–Crippen LogP) is 1.43. The minimum absolute atomic E-state index is 0.0327. The molecule has 0 saturated carbocycles. The van der Waals surface area contributed by atoms with Crippen molar-refractivity contribution in [2.24, 2.45) is 0 Å². The summed E-state index contributed by atoms with van der Waals surface area (Å²) in [5.74, 6) is 0. The van der Waals surface area contributed by atoms with E-state index in [1.165, 1.54) is 35.1 Å². The maximum Gasteiger partial charge on any atom is 0.306 e. The van der Waals surface area contributed by atoms with Crippen LogP contribution in [0.25, 0.3) is 0 Å². The van der Waals surface area contributed by atoms with E-state index in [-0.39, 0.29) is 17.9 Å². The van der Waals surface area contributed by atoms with Crippen molar-refractivity contribution in [2.75, 3.05) is 0 Å². The highest BCUT2D eigenvalue weighted by atomic mass is 16.6. The second-order valence-corrected chi connectivity index (χ2v) is 4.05. The largest absolute Gasteiger partial charge is 0.386 e. The molecule has 0 aliphatic carbocycles. The number of nitro groups is 2. The summed E-state index contributed by atoms with van der Waals surface area (Å²) in [6.07, 6.45) is 1.20. The van der Waals surface area contributed by atoms with Crippen LogP contribution < -0.4 is 0 Å². The van der Waals surface area contributed by atoms with Gasteiger partial charge >= 0.3 is 5.69 Å². The van der Waals surface area contributed by atoms with Crippen LogP contribution in [0.1, 0.15) is 11.7 Å². The minimum Gasteiger partial charge on any atom is -0.386 e. The Morgan fingerprint density at radius 1 is 1.25 bits per heavy atom. The van der Waals surface area contributed by atoms with Crippen molar-refractivity contribution in [1.82, 2.24) is 9.78 Å². The maximum atomic E-state index is 10.6. The normalized spacial score (nSPS) is 12.1. The molecule has 0 radical (unpaired) electrons. The highest BCUT2D eigenvalue weighted by Gasteiger charge is 2.15. The fourth-order valence-electron chi connectivity index (χ4n) is 1.68. The molecule has 1 unspecified atom stereocenters. The molecule has 0 spiro atoms. The molecule has 9 nitrogen and oxygen atoms in total. The number of nitrogens with zero attached hydrogens (tertiary/aromatic N) is 4. The van der Waals surface area contributed by atoms with Crippen LogP contribution in [0.4, 0.5) is 11.4 Å². The Morgan fingerprint density at radius 2 is 1.95 bits per heavy atom. The van der Waals surface area contributed by atoms with Gasteiger partial charge in [-0.15, -0.1) is 0 Å². The third kappa shape index (κ3) is 2.95. The number of benzene rings is 1. The number of hydrogen-bond acceptors (Lipinski definition) is 6. The lowest BCUT2D eigenvalue weighted by Crippen LogP contribution is -2.09. The van der Waals surface area contributed by atoms with E-state index in [2.05, 4.69) is 5.10 Å². The van der Waals surface area contributed by atoms with Crippen LogP contribution in [0.15, 0.2) is 36.7 Å². The average molecular weight is 278 g/mol. The summed E-state index contributed by atoms with van der Waals surface area (Å²) in [5, 5.41) is 34.9. The Morgan fingerprint density at radius 3 is 2.55 bits per heavy atom. The number of nitro benzene ring substituents is 1. The lowest BCUT2D eigenvalue weighted by Gasteiger charge is -2.10. The molecule has 0 saturated heterocycles. The maximum absolute atomic E-state index is 10.6. The Balaban J connectivity index is 2.14. The van der Waals surface area contributed by atoms with Crippen LogP contribution in [-0.4, -0.2) is 24.7 Å². The van der Waals surface area contributed by atoms with Gasteiger partial charge in [-0.1, -0.05) is 12.1 Å². The third-order valence-corrected chi connectivity index (χ3v) is 2.66. The zero-order chi connectivity index (χ0) is 14.7. The van der Waals surface area contributed by atoms with Crippen molar-refractivity contribution in [3.8, 4) is 0 Å². The molecule has 2 rings (SSSR count). The number of aliphatic hydroxyl groups excluding tert-OH is 1. The molecule has 0 aliphatic rings. The monoisotopic (exact) mass is 278 g/mol. The molecule has 0 fully saturated rings. The Labute approximate surface area is 112 Å². The van der Waals surface area contributed by atoms with Gasteiger partial charge in [0.2, 0.25) is 0 Å². The molecule has 2 aromatic rings. The van der Waals surface area contributed by atoms with Gasteiger partial charge in [0.15, 0.2) is 0 Å². The number of rotatable bonds is 5. The van der Waals surface area contributed by atoms with Gasteiger partial charge in [0.1, 0.15) is 12.4 Å². The number of non-ortho nitro benzene ring substituents is 1. The molecule has 1 aromatic carbocycles. The van der Waals surface area contributed by atoms with Crippen molar-refractivity contribution in [2.45, 2.75) is 12.6 Å². The summed E-state index contributed by atoms with van der Waals surface area (Å²) in [6.45, 7) is -0.0327. The Hall–Kier alpha value is -2.81. The SMILES string of the molecule is O=[N+]([O-])c1cccc(C(O)Cn2cc([N+](=O)[O-])cn2)c1. The molecule has 20 heavy (non-hydrogen) atoms. The zero-order valence-electron chi connectivity index (χ0n) is 10.1. The number of aromatic nitrogens is 2. The van der Waals surface area contributed by atoms with Gasteiger partial charge in [0.25, 0.3) is 5.69 Å². The highest BCUT2D eigenvalue weighted by molar-refractivity contribution is 5.35. The van der Waals surface area contributed by atoms with Gasteiger partial charge in [-0.3, -0.25) is 24.9 Å². The van der Waals surface area contributed by atoms with E-state index in [9.17, 15) is 25.3 Å². The summed E-state index contributed by atoms with van der Waals surface area (Å²) >= 11 is 0. The predicted molar refractivity (Wildman–Crippen MR) is 66.9 cm³/mol. The van der Waals surface area contributed by atoms with Crippen LogP contribution >= 0.6 is 0 Å². The summed E-state index contributed by atoms with van der Waals surface area (Å²) < 4.78 is 1.21.